The molecule has 0 saturated carbocycles. The van der Waals surface area contributed by atoms with E-state index in [0.29, 0.717) is 17.1 Å². The van der Waals surface area contributed by atoms with Crippen LogP contribution in [0.2, 0.25) is 0 Å². The van der Waals surface area contributed by atoms with E-state index < -0.39 is 11.8 Å². The first kappa shape index (κ1) is 19.8. The second-order valence-electron chi connectivity index (χ2n) is 6.40. The third kappa shape index (κ3) is 5.13. The molecule has 152 valence electrons. The number of nitrogens with one attached hydrogen (secondary N) is 1. The number of allylic oxidation sites excluding steroid dienone is 1. The highest BCUT2D eigenvalue weighted by atomic mass is 16.5. The molecule has 0 saturated heterocycles. The molecule has 1 aliphatic heterocycles. The van der Waals surface area contributed by atoms with Gasteiger partial charge in [0, 0.05) is 41.2 Å². The Morgan fingerprint density at radius 1 is 0.935 bits per heavy atom. The fourth-order valence-corrected chi connectivity index (χ4v) is 2.83. The molecule has 0 unspecified atom stereocenters. The standard InChI is InChI=1S/C23H17N5O3/c29-21-8-4-12-31-17-9-10-20-18(13-17)23(27-15-26-20)28-19-6-2-1-5-16(19)14-25-22(30)7-3-11-24-21/h1-11,13-15H,12H2,(H,26,27,28). The molecule has 0 atom stereocenters. The highest BCUT2D eigenvalue weighted by molar-refractivity contribution is 6.03. The molecule has 8 nitrogen and oxygen atoms in total. The number of para-hydroxylation sites is 1. The SMILES string of the molecule is O=C1C=CCOc2ccc3ncnc(c3c2)Nc2ccccc2C=NC(=O)C=CC=N1. The van der Waals surface area contributed by atoms with Crippen molar-refractivity contribution < 1.29 is 14.3 Å². The molecule has 4 rings (SSSR count). The van der Waals surface area contributed by atoms with Crippen molar-refractivity contribution in [3.8, 4) is 5.75 Å². The summed E-state index contributed by atoms with van der Waals surface area (Å²) in [4.78, 5) is 40.0. The van der Waals surface area contributed by atoms with E-state index in [1.165, 1.54) is 37.0 Å². The number of nitrogens with zero attached hydrogens (tertiary/aromatic N) is 4. The Labute approximate surface area is 177 Å². The van der Waals surface area contributed by atoms with Crippen LogP contribution in [-0.4, -0.2) is 40.8 Å². The highest BCUT2D eigenvalue weighted by Crippen LogP contribution is 2.27. The predicted molar refractivity (Wildman–Crippen MR) is 119 cm³/mol. The third-order valence-corrected chi connectivity index (χ3v) is 4.28. The average molecular weight is 411 g/mol. The van der Waals surface area contributed by atoms with Crippen LogP contribution in [0.4, 0.5) is 11.5 Å². The van der Waals surface area contributed by atoms with Crippen LogP contribution in [-0.2, 0) is 9.59 Å². The summed E-state index contributed by atoms with van der Waals surface area (Å²) in [6, 6.07) is 12.9. The molecule has 2 aromatic carbocycles. The van der Waals surface area contributed by atoms with E-state index in [4.69, 9.17) is 4.74 Å². The molecule has 8 heteroatoms. The summed E-state index contributed by atoms with van der Waals surface area (Å²) < 4.78 is 5.71. The van der Waals surface area contributed by atoms with Crippen molar-refractivity contribution in [2.24, 2.45) is 9.98 Å². The molecule has 1 N–H and O–H groups in total. The second kappa shape index (κ2) is 9.36. The topological polar surface area (TPSA) is 106 Å². The zero-order valence-corrected chi connectivity index (χ0v) is 16.3. The van der Waals surface area contributed by atoms with Crippen LogP contribution in [0.1, 0.15) is 5.56 Å². The number of fused-ring (bicyclic) bond motifs is 2. The van der Waals surface area contributed by atoms with Gasteiger partial charge in [-0.05, 0) is 36.4 Å². The number of aliphatic imine (C=N–C) groups is 2. The molecule has 0 fully saturated rings. The minimum absolute atomic E-state index is 0.189. The van der Waals surface area contributed by atoms with E-state index in [-0.39, 0.29) is 6.61 Å². The van der Waals surface area contributed by atoms with Gasteiger partial charge in [0.1, 0.15) is 24.5 Å². The van der Waals surface area contributed by atoms with Gasteiger partial charge in [0.15, 0.2) is 0 Å². The number of ether oxygens (including phenoxy) is 1. The summed E-state index contributed by atoms with van der Waals surface area (Å²) in [6.07, 6.45) is 9.63. The number of hydrogen-bond acceptors (Lipinski definition) is 6. The molecule has 2 amide bonds. The summed E-state index contributed by atoms with van der Waals surface area (Å²) in [5.41, 5.74) is 2.17. The summed E-state index contributed by atoms with van der Waals surface area (Å²) in [5, 5.41) is 4.04. The number of benzene rings is 2. The molecule has 1 aromatic heterocycles. The number of carbonyl (C=O) groups excluding carboxylic acids is 2. The van der Waals surface area contributed by atoms with Crippen LogP contribution in [0, 0.1) is 0 Å². The zero-order valence-electron chi connectivity index (χ0n) is 16.3. The third-order valence-electron chi connectivity index (χ3n) is 4.28. The van der Waals surface area contributed by atoms with E-state index in [1.807, 2.05) is 36.4 Å². The lowest BCUT2D eigenvalue weighted by atomic mass is 10.1. The number of carbonyl (C=O) groups is 2. The predicted octanol–water partition coefficient (Wildman–Crippen LogP) is 3.42. The van der Waals surface area contributed by atoms with Gasteiger partial charge in [-0.25, -0.2) is 20.0 Å². The molecule has 2 bridgehead atoms. The van der Waals surface area contributed by atoms with E-state index in [0.717, 1.165) is 16.6 Å². The maximum atomic E-state index is 12.0. The van der Waals surface area contributed by atoms with E-state index in [1.54, 1.807) is 12.1 Å². The lowest BCUT2D eigenvalue weighted by Gasteiger charge is -2.11. The fraction of sp³-hybridized carbons (Fsp3) is 0.0435. The van der Waals surface area contributed by atoms with Gasteiger partial charge in [-0.1, -0.05) is 18.2 Å². The first-order valence-electron chi connectivity index (χ1n) is 9.42. The average Bonchev–Trinajstić information content (AvgIpc) is 2.79. The summed E-state index contributed by atoms with van der Waals surface area (Å²) >= 11 is 0. The maximum Gasteiger partial charge on any atom is 0.269 e. The minimum Gasteiger partial charge on any atom is -0.490 e. The van der Waals surface area contributed by atoms with Crippen molar-refractivity contribution in [2.45, 2.75) is 0 Å². The quantitative estimate of drug-likeness (QED) is 0.608. The van der Waals surface area contributed by atoms with Crippen molar-refractivity contribution in [3.05, 3.63) is 78.7 Å². The largest absolute Gasteiger partial charge is 0.490 e. The Balaban J connectivity index is 1.76. The molecule has 0 spiro atoms. The first-order chi connectivity index (χ1) is 15.2. The smallest absolute Gasteiger partial charge is 0.269 e. The van der Waals surface area contributed by atoms with Gasteiger partial charge in [0.25, 0.3) is 11.8 Å². The Hall–Kier alpha value is -4.46. The lowest BCUT2D eigenvalue weighted by molar-refractivity contribution is -0.114. The number of aromatic nitrogens is 2. The Bertz CT molecular complexity index is 1260. The van der Waals surface area contributed by atoms with Gasteiger partial charge in [-0.2, -0.15) is 0 Å². The van der Waals surface area contributed by atoms with Crippen molar-refractivity contribution >= 4 is 46.7 Å². The van der Waals surface area contributed by atoms with Gasteiger partial charge in [0.05, 0.1) is 5.52 Å². The molecular formula is C23H17N5O3. The summed E-state index contributed by atoms with van der Waals surface area (Å²) in [7, 11) is 0. The van der Waals surface area contributed by atoms with Gasteiger partial charge >= 0.3 is 0 Å². The molecule has 3 aromatic rings. The fourth-order valence-electron chi connectivity index (χ4n) is 2.83. The normalized spacial score (nSPS) is 14.5. The molecule has 0 radical (unpaired) electrons. The van der Waals surface area contributed by atoms with Gasteiger partial charge in [0.2, 0.25) is 0 Å². The maximum absolute atomic E-state index is 12.0. The van der Waals surface area contributed by atoms with E-state index >= 15 is 0 Å². The van der Waals surface area contributed by atoms with Crippen molar-refractivity contribution in [3.63, 3.8) is 0 Å². The number of anilines is 2. The van der Waals surface area contributed by atoms with Gasteiger partial charge < -0.3 is 10.1 Å². The van der Waals surface area contributed by atoms with Gasteiger partial charge in [-0.15, -0.1) is 0 Å². The zero-order chi connectivity index (χ0) is 21.5. The van der Waals surface area contributed by atoms with Crippen LogP contribution >= 0.6 is 0 Å². The Morgan fingerprint density at radius 3 is 2.74 bits per heavy atom. The second-order valence-corrected chi connectivity index (χ2v) is 6.40. The van der Waals surface area contributed by atoms with Crippen molar-refractivity contribution in [1.29, 1.82) is 0 Å². The molecular weight excluding hydrogens is 394 g/mol. The molecule has 0 aliphatic carbocycles. The van der Waals surface area contributed by atoms with Crippen LogP contribution in [0.5, 0.6) is 5.75 Å². The molecule has 31 heavy (non-hydrogen) atoms. The molecule has 1 aliphatic rings. The van der Waals surface area contributed by atoms with E-state index in [9.17, 15) is 9.59 Å². The lowest BCUT2D eigenvalue weighted by Crippen LogP contribution is -2.00. The monoisotopic (exact) mass is 411 g/mol. The van der Waals surface area contributed by atoms with Crippen LogP contribution in [0.15, 0.2) is 83.1 Å². The van der Waals surface area contributed by atoms with Gasteiger partial charge in [-0.3, -0.25) is 9.59 Å². The number of amides is 2. The van der Waals surface area contributed by atoms with Crippen LogP contribution in [0.3, 0.4) is 0 Å². The van der Waals surface area contributed by atoms with Crippen LogP contribution in [0.25, 0.3) is 10.9 Å². The number of hydrogen-bond donors (Lipinski definition) is 1. The molecule has 2 heterocycles. The van der Waals surface area contributed by atoms with Crippen molar-refractivity contribution in [2.75, 3.05) is 11.9 Å². The Kier molecular flexibility index (Phi) is 5.99. The minimum atomic E-state index is -0.479. The Morgan fingerprint density at radius 2 is 1.81 bits per heavy atom. The van der Waals surface area contributed by atoms with Crippen LogP contribution < -0.4 is 10.1 Å². The van der Waals surface area contributed by atoms with Crippen molar-refractivity contribution in [1.82, 2.24) is 9.97 Å². The highest BCUT2D eigenvalue weighted by Gasteiger charge is 2.08. The van der Waals surface area contributed by atoms with E-state index in [2.05, 4.69) is 25.3 Å². The number of rotatable bonds is 0. The first-order valence-corrected chi connectivity index (χ1v) is 9.42. The summed E-state index contributed by atoms with van der Waals surface area (Å²) in [5.74, 6) is 0.244. The summed E-state index contributed by atoms with van der Waals surface area (Å²) in [6.45, 7) is 0.189.